The molecule has 0 saturated heterocycles. The van der Waals surface area contributed by atoms with Crippen LogP contribution in [0.5, 0.6) is 0 Å². The quantitative estimate of drug-likeness (QED) is 0.672. The van der Waals surface area contributed by atoms with Crippen molar-refractivity contribution < 1.29 is 9.90 Å². The van der Waals surface area contributed by atoms with E-state index in [9.17, 15) is 9.90 Å². The van der Waals surface area contributed by atoms with Crippen LogP contribution in [-0.4, -0.2) is 22.1 Å². The number of anilines is 1. The summed E-state index contributed by atoms with van der Waals surface area (Å²) in [5.41, 5.74) is 2.84. The zero-order valence-corrected chi connectivity index (χ0v) is 11.4. The van der Waals surface area contributed by atoms with E-state index in [0.717, 1.165) is 22.2 Å². The number of para-hydroxylation sites is 2. The molecule has 3 aromatic rings. The van der Waals surface area contributed by atoms with Gasteiger partial charge in [0.2, 0.25) is 0 Å². The summed E-state index contributed by atoms with van der Waals surface area (Å²) in [6.07, 6.45) is 2.31. The number of H-pyrrole nitrogens is 1. The number of aromatic nitrogens is 1. The highest BCUT2D eigenvalue weighted by Crippen LogP contribution is 2.20. The van der Waals surface area contributed by atoms with Gasteiger partial charge in [-0.15, -0.1) is 0 Å². The first-order chi connectivity index (χ1) is 10.2. The maximum Gasteiger partial charge on any atom is 0.326 e. The number of hydrogen-bond donors (Lipinski definition) is 3. The minimum absolute atomic E-state index is 0.425. The van der Waals surface area contributed by atoms with Crippen LogP contribution in [0, 0.1) is 0 Å². The first-order valence-electron chi connectivity index (χ1n) is 6.83. The van der Waals surface area contributed by atoms with Crippen molar-refractivity contribution in [2.45, 2.75) is 12.5 Å². The highest BCUT2D eigenvalue weighted by Gasteiger charge is 2.19. The van der Waals surface area contributed by atoms with Crippen LogP contribution in [0.2, 0.25) is 0 Å². The van der Waals surface area contributed by atoms with Gasteiger partial charge in [0.25, 0.3) is 0 Å². The molecule has 3 N–H and O–H groups in total. The lowest BCUT2D eigenvalue weighted by Gasteiger charge is -2.15. The zero-order chi connectivity index (χ0) is 14.7. The zero-order valence-electron chi connectivity index (χ0n) is 11.4. The van der Waals surface area contributed by atoms with Gasteiger partial charge in [-0.1, -0.05) is 36.4 Å². The molecule has 0 fully saturated rings. The lowest BCUT2D eigenvalue weighted by Crippen LogP contribution is -2.31. The fourth-order valence-electron chi connectivity index (χ4n) is 2.46. The monoisotopic (exact) mass is 280 g/mol. The molecule has 1 unspecified atom stereocenters. The summed E-state index contributed by atoms with van der Waals surface area (Å²) in [7, 11) is 0. The van der Waals surface area contributed by atoms with Gasteiger partial charge in [0.15, 0.2) is 0 Å². The average molecular weight is 280 g/mol. The molecule has 0 aliphatic rings. The average Bonchev–Trinajstić information content (AvgIpc) is 2.91. The number of carboxylic acid groups (broad SMARTS) is 1. The van der Waals surface area contributed by atoms with Gasteiger partial charge in [0, 0.05) is 29.2 Å². The Morgan fingerprint density at radius 1 is 1.10 bits per heavy atom. The summed E-state index contributed by atoms with van der Waals surface area (Å²) >= 11 is 0. The number of carbonyl (C=O) groups is 1. The van der Waals surface area contributed by atoms with Crippen molar-refractivity contribution >= 4 is 22.6 Å². The molecule has 106 valence electrons. The second kappa shape index (κ2) is 5.71. The summed E-state index contributed by atoms with van der Waals surface area (Å²) in [5, 5.41) is 13.6. The van der Waals surface area contributed by atoms with Crippen molar-refractivity contribution in [2.24, 2.45) is 0 Å². The number of carboxylic acids is 1. The third-order valence-electron chi connectivity index (χ3n) is 3.51. The molecule has 0 aliphatic heterocycles. The number of nitrogens with one attached hydrogen (secondary N) is 2. The third-order valence-corrected chi connectivity index (χ3v) is 3.51. The van der Waals surface area contributed by atoms with E-state index in [1.165, 1.54) is 0 Å². The van der Waals surface area contributed by atoms with Gasteiger partial charge in [-0.3, -0.25) is 0 Å². The highest BCUT2D eigenvalue weighted by atomic mass is 16.4. The fourth-order valence-corrected chi connectivity index (χ4v) is 2.46. The molecule has 21 heavy (non-hydrogen) atoms. The number of rotatable bonds is 5. The summed E-state index contributed by atoms with van der Waals surface area (Å²) in [6.45, 7) is 0. The number of aromatic amines is 1. The second-order valence-corrected chi connectivity index (χ2v) is 4.96. The molecule has 0 radical (unpaired) electrons. The van der Waals surface area contributed by atoms with Crippen LogP contribution in [0.3, 0.4) is 0 Å². The molecule has 3 rings (SSSR count). The third kappa shape index (κ3) is 2.89. The molecule has 0 aliphatic carbocycles. The predicted molar refractivity (Wildman–Crippen MR) is 83.5 cm³/mol. The van der Waals surface area contributed by atoms with Crippen molar-refractivity contribution in [3.05, 3.63) is 66.4 Å². The lowest BCUT2D eigenvalue weighted by molar-refractivity contribution is -0.137. The number of benzene rings is 2. The standard InChI is InChI=1S/C17H16N2O2/c20-17(21)16(19-13-6-2-1-3-7-13)10-12-11-18-15-9-5-4-8-14(12)15/h1-9,11,16,18-19H,10H2,(H,20,21). The van der Waals surface area contributed by atoms with E-state index < -0.39 is 12.0 Å². The van der Waals surface area contributed by atoms with Gasteiger partial charge in [-0.05, 0) is 23.8 Å². The molecule has 0 saturated carbocycles. The topological polar surface area (TPSA) is 65.1 Å². The van der Waals surface area contributed by atoms with Gasteiger partial charge < -0.3 is 15.4 Å². The van der Waals surface area contributed by atoms with Crippen LogP contribution < -0.4 is 5.32 Å². The Bertz CT molecular complexity index is 750. The van der Waals surface area contributed by atoms with E-state index in [1.807, 2.05) is 60.8 Å². The minimum atomic E-state index is -0.857. The lowest BCUT2D eigenvalue weighted by atomic mass is 10.0. The minimum Gasteiger partial charge on any atom is -0.480 e. The van der Waals surface area contributed by atoms with Gasteiger partial charge in [-0.2, -0.15) is 0 Å². The van der Waals surface area contributed by atoms with Gasteiger partial charge in [0.1, 0.15) is 6.04 Å². The van der Waals surface area contributed by atoms with Crippen LogP contribution in [0.25, 0.3) is 10.9 Å². The van der Waals surface area contributed by atoms with Crippen molar-refractivity contribution in [1.82, 2.24) is 4.98 Å². The first kappa shape index (κ1) is 13.2. The molecular weight excluding hydrogens is 264 g/mol. The maximum absolute atomic E-state index is 11.5. The van der Waals surface area contributed by atoms with Crippen LogP contribution in [-0.2, 0) is 11.2 Å². The SMILES string of the molecule is O=C(O)C(Cc1c[nH]c2ccccc12)Nc1ccccc1. The molecule has 4 heteroatoms. The molecule has 4 nitrogen and oxygen atoms in total. The summed E-state index contributed by atoms with van der Waals surface area (Å²) < 4.78 is 0. The van der Waals surface area contributed by atoms with Crippen molar-refractivity contribution in [1.29, 1.82) is 0 Å². The Balaban J connectivity index is 1.84. The molecule has 1 atom stereocenters. The molecule has 0 amide bonds. The van der Waals surface area contributed by atoms with Crippen LogP contribution >= 0.6 is 0 Å². The second-order valence-electron chi connectivity index (χ2n) is 4.96. The van der Waals surface area contributed by atoms with Crippen molar-refractivity contribution in [2.75, 3.05) is 5.32 Å². The van der Waals surface area contributed by atoms with Crippen LogP contribution in [0.1, 0.15) is 5.56 Å². The normalized spacial score (nSPS) is 12.2. The molecule has 1 aromatic heterocycles. The van der Waals surface area contributed by atoms with E-state index >= 15 is 0 Å². The van der Waals surface area contributed by atoms with Crippen LogP contribution in [0.4, 0.5) is 5.69 Å². The van der Waals surface area contributed by atoms with Gasteiger partial charge in [-0.25, -0.2) is 4.79 Å². The Morgan fingerprint density at radius 2 is 1.81 bits per heavy atom. The highest BCUT2D eigenvalue weighted by molar-refractivity contribution is 5.85. The first-order valence-corrected chi connectivity index (χ1v) is 6.83. The molecule has 0 spiro atoms. The fraction of sp³-hybridized carbons (Fsp3) is 0.118. The summed E-state index contributed by atoms with van der Waals surface area (Å²) in [4.78, 5) is 14.7. The Hall–Kier alpha value is -2.75. The van der Waals surface area contributed by atoms with Crippen molar-refractivity contribution in [3.63, 3.8) is 0 Å². The summed E-state index contributed by atoms with van der Waals surface area (Å²) in [6, 6.07) is 16.6. The van der Waals surface area contributed by atoms with Crippen LogP contribution in [0.15, 0.2) is 60.8 Å². The van der Waals surface area contributed by atoms with E-state index in [2.05, 4.69) is 10.3 Å². The molecule has 1 heterocycles. The smallest absolute Gasteiger partial charge is 0.326 e. The Morgan fingerprint density at radius 3 is 2.57 bits per heavy atom. The number of hydrogen-bond acceptors (Lipinski definition) is 2. The maximum atomic E-state index is 11.5. The molecule has 2 aromatic carbocycles. The van der Waals surface area contributed by atoms with E-state index in [0.29, 0.717) is 6.42 Å². The number of fused-ring (bicyclic) bond motifs is 1. The van der Waals surface area contributed by atoms with E-state index in [-0.39, 0.29) is 0 Å². The Kier molecular flexibility index (Phi) is 3.60. The molecular formula is C17H16N2O2. The Labute approximate surface area is 122 Å². The number of aliphatic carboxylic acids is 1. The van der Waals surface area contributed by atoms with Gasteiger partial charge in [0.05, 0.1) is 0 Å². The summed E-state index contributed by atoms with van der Waals surface area (Å²) in [5.74, 6) is -0.857. The largest absolute Gasteiger partial charge is 0.480 e. The predicted octanol–water partition coefficient (Wildman–Crippen LogP) is 3.28. The van der Waals surface area contributed by atoms with E-state index in [1.54, 1.807) is 0 Å². The van der Waals surface area contributed by atoms with Crippen molar-refractivity contribution in [3.8, 4) is 0 Å². The van der Waals surface area contributed by atoms with Gasteiger partial charge >= 0.3 is 5.97 Å². The van der Waals surface area contributed by atoms with E-state index in [4.69, 9.17) is 0 Å². The molecule has 0 bridgehead atoms.